The van der Waals surface area contributed by atoms with E-state index in [9.17, 15) is 19.7 Å². The summed E-state index contributed by atoms with van der Waals surface area (Å²) in [5.41, 5.74) is 0.645. The number of rotatable bonds is 9. The number of methoxy groups -OCH3 is 1. The van der Waals surface area contributed by atoms with Crippen LogP contribution in [0.2, 0.25) is 0 Å². The number of amides is 2. The largest absolute Gasteiger partial charge is 0.385 e. The lowest BCUT2D eigenvalue weighted by molar-refractivity contribution is -0.384. The van der Waals surface area contributed by atoms with Crippen LogP contribution in [0.25, 0.3) is 0 Å². The van der Waals surface area contributed by atoms with E-state index in [1.807, 2.05) is 4.90 Å². The number of nitrogens with zero attached hydrogens (tertiary/aromatic N) is 3. The Morgan fingerprint density at radius 3 is 2.67 bits per heavy atom. The van der Waals surface area contributed by atoms with E-state index in [1.165, 1.54) is 18.0 Å². The van der Waals surface area contributed by atoms with Crippen LogP contribution < -0.4 is 10.2 Å². The van der Waals surface area contributed by atoms with Gasteiger partial charge >= 0.3 is 0 Å². The molecule has 1 fully saturated rings. The van der Waals surface area contributed by atoms with Crippen LogP contribution >= 0.6 is 0 Å². The quantitative estimate of drug-likeness (QED) is 0.396. The van der Waals surface area contributed by atoms with Gasteiger partial charge in [0.25, 0.3) is 11.6 Å². The average molecular weight is 378 g/mol. The second kappa shape index (κ2) is 9.86. The van der Waals surface area contributed by atoms with E-state index in [4.69, 9.17) is 4.74 Å². The van der Waals surface area contributed by atoms with Crippen molar-refractivity contribution in [3.8, 4) is 0 Å². The highest BCUT2D eigenvalue weighted by molar-refractivity contribution is 5.97. The lowest BCUT2D eigenvalue weighted by Crippen LogP contribution is -2.38. The van der Waals surface area contributed by atoms with Crippen LogP contribution in [-0.2, 0) is 9.53 Å². The van der Waals surface area contributed by atoms with Gasteiger partial charge < -0.3 is 19.9 Å². The molecule has 1 aliphatic heterocycles. The molecule has 9 heteroatoms. The molecule has 0 unspecified atom stereocenters. The third-order valence-corrected chi connectivity index (χ3v) is 4.44. The van der Waals surface area contributed by atoms with E-state index >= 15 is 0 Å². The number of nitro benzene ring substituents is 1. The van der Waals surface area contributed by atoms with Crippen LogP contribution in [-0.4, -0.2) is 68.6 Å². The third-order valence-electron chi connectivity index (χ3n) is 4.44. The summed E-state index contributed by atoms with van der Waals surface area (Å²) in [6.45, 7) is 2.44. The van der Waals surface area contributed by atoms with Crippen molar-refractivity contribution >= 4 is 23.2 Å². The number of ether oxygens (including phenoxy) is 1. The first-order valence-electron chi connectivity index (χ1n) is 8.98. The molecule has 1 saturated heterocycles. The number of anilines is 1. The number of carbonyl (C=O) groups is 2. The summed E-state index contributed by atoms with van der Waals surface area (Å²) in [6, 6.07) is 4.49. The molecule has 148 valence electrons. The Labute approximate surface area is 158 Å². The Morgan fingerprint density at radius 1 is 1.33 bits per heavy atom. The van der Waals surface area contributed by atoms with Gasteiger partial charge in [-0.25, -0.2) is 0 Å². The van der Waals surface area contributed by atoms with E-state index in [0.717, 1.165) is 25.9 Å². The summed E-state index contributed by atoms with van der Waals surface area (Å²) < 4.78 is 4.90. The van der Waals surface area contributed by atoms with Gasteiger partial charge in [0.1, 0.15) is 5.69 Å². The summed E-state index contributed by atoms with van der Waals surface area (Å²) >= 11 is 0. The molecular formula is C18H26N4O5. The molecule has 0 bridgehead atoms. The highest BCUT2D eigenvalue weighted by Gasteiger charge is 2.25. The number of benzene rings is 1. The van der Waals surface area contributed by atoms with Crippen LogP contribution in [0, 0.1) is 10.1 Å². The monoisotopic (exact) mass is 378 g/mol. The summed E-state index contributed by atoms with van der Waals surface area (Å²) in [6.07, 6.45) is 2.68. The van der Waals surface area contributed by atoms with Crippen molar-refractivity contribution in [3.05, 3.63) is 33.9 Å². The van der Waals surface area contributed by atoms with Crippen LogP contribution in [0.5, 0.6) is 0 Å². The molecule has 1 aromatic rings. The number of hydrogen-bond acceptors (Lipinski definition) is 6. The van der Waals surface area contributed by atoms with E-state index < -0.39 is 10.8 Å². The molecule has 1 aliphatic rings. The first kappa shape index (κ1) is 20.6. The maximum absolute atomic E-state index is 12.6. The number of nitro groups is 1. The van der Waals surface area contributed by atoms with Crippen molar-refractivity contribution in [2.75, 3.05) is 51.8 Å². The number of likely N-dealkylation sites (N-methyl/N-ethyl adjacent to an activating group) is 1. The van der Waals surface area contributed by atoms with Gasteiger partial charge in [-0.2, -0.15) is 0 Å². The smallest absolute Gasteiger partial charge is 0.293 e. The Morgan fingerprint density at radius 2 is 2.04 bits per heavy atom. The van der Waals surface area contributed by atoms with E-state index in [0.29, 0.717) is 25.3 Å². The molecule has 0 saturated carbocycles. The van der Waals surface area contributed by atoms with Gasteiger partial charge in [0, 0.05) is 52.0 Å². The second-order valence-electron chi connectivity index (χ2n) is 6.51. The maximum Gasteiger partial charge on any atom is 0.293 e. The number of hydrogen-bond donors (Lipinski definition) is 1. The zero-order chi connectivity index (χ0) is 19.8. The van der Waals surface area contributed by atoms with Crippen molar-refractivity contribution in [1.29, 1.82) is 0 Å². The highest BCUT2D eigenvalue weighted by atomic mass is 16.6. The fourth-order valence-electron chi connectivity index (χ4n) is 3.04. The molecule has 1 heterocycles. The summed E-state index contributed by atoms with van der Waals surface area (Å²) in [4.78, 5) is 38.6. The van der Waals surface area contributed by atoms with Gasteiger partial charge in [-0.1, -0.05) is 0 Å². The Kier molecular flexibility index (Phi) is 7.54. The second-order valence-corrected chi connectivity index (χ2v) is 6.51. The lowest BCUT2D eigenvalue weighted by atomic mass is 10.1. The van der Waals surface area contributed by atoms with Gasteiger partial charge in [0.05, 0.1) is 11.5 Å². The van der Waals surface area contributed by atoms with Crippen LogP contribution in [0.4, 0.5) is 11.4 Å². The zero-order valence-electron chi connectivity index (χ0n) is 15.8. The fraction of sp³-hybridized carbons (Fsp3) is 0.556. The summed E-state index contributed by atoms with van der Waals surface area (Å²) in [7, 11) is 3.08. The predicted molar refractivity (Wildman–Crippen MR) is 101 cm³/mol. The molecule has 9 nitrogen and oxygen atoms in total. The first-order valence-corrected chi connectivity index (χ1v) is 8.98. The molecule has 1 aromatic carbocycles. The predicted octanol–water partition coefficient (Wildman–Crippen LogP) is 1.42. The van der Waals surface area contributed by atoms with Gasteiger partial charge in [-0.05, 0) is 31.4 Å². The lowest BCUT2D eigenvalue weighted by Gasteiger charge is -2.20. The molecule has 0 atom stereocenters. The standard InChI is InChI=1S/C18H26N4O5/c1-20(13-17(23)19-8-5-11-27-2)18(24)14-6-7-15(16(12-14)22(25)26)21-9-3-4-10-21/h6-7,12H,3-5,8-11,13H2,1-2H3,(H,19,23). The Hall–Kier alpha value is -2.68. The van der Waals surface area contributed by atoms with Crippen molar-refractivity contribution in [1.82, 2.24) is 10.2 Å². The molecule has 1 N–H and O–H groups in total. The maximum atomic E-state index is 12.6. The van der Waals surface area contributed by atoms with Crippen LogP contribution in [0.3, 0.4) is 0 Å². The van der Waals surface area contributed by atoms with Gasteiger partial charge in [-0.15, -0.1) is 0 Å². The van der Waals surface area contributed by atoms with Gasteiger partial charge in [-0.3, -0.25) is 19.7 Å². The van der Waals surface area contributed by atoms with Crippen molar-refractivity contribution in [2.24, 2.45) is 0 Å². The minimum atomic E-state index is -0.465. The van der Waals surface area contributed by atoms with Crippen molar-refractivity contribution in [3.63, 3.8) is 0 Å². The Bertz CT molecular complexity index is 688. The highest BCUT2D eigenvalue weighted by Crippen LogP contribution is 2.31. The van der Waals surface area contributed by atoms with Crippen LogP contribution in [0.15, 0.2) is 18.2 Å². The molecule has 2 amide bonds. The van der Waals surface area contributed by atoms with Gasteiger partial charge in [0.2, 0.25) is 5.91 Å². The molecule has 0 radical (unpaired) electrons. The van der Waals surface area contributed by atoms with Crippen molar-refractivity contribution in [2.45, 2.75) is 19.3 Å². The normalized spacial score (nSPS) is 13.5. The SMILES string of the molecule is COCCCNC(=O)CN(C)C(=O)c1ccc(N2CCCC2)c([N+](=O)[O-])c1. The minimum absolute atomic E-state index is 0.0832. The molecule has 0 aromatic heterocycles. The molecule has 0 aliphatic carbocycles. The van der Waals surface area contributed by atoms with E-state index in [1.54, 1.807) is 19.2 Å². The number of nitrogens with one attached hydrogen (secondary N) is 1. The first-order chi connectivity index (χ1) is 12.9. The Balaban J connectivity index is 2.03. The van der Waals surface area contributed by atoms with Gasteiger partial charge in [0.15, 0.2) is 0 Å². The summed E-state index contributed by atoms with van der Waals surface area (Å²) in [5.74, 6) is -0.719. The topological polar surface area (TPSA) is 105 Å². The molecule has 2 rings (SSSR count). The molecular weight excluding hydrogens is 352 g/mol. The average Bonchev–Trinajstić information content (AvgIpc) is 3.18. The third kappa shape index (κ3) is 5.65. The number of carbonyl (C=O) groups excluding carboxylic acids is 2. The van der Waals surface area contributed by atoms with Crippen LogP contribution in [0.1, 0.15) is 29.6 Å². The molecule has 27 heavy (non-hydrogen) atoms. The molecule has 0 spiro atoms. The zero-order valence-corrected chi connectivity index (χ0v) is 15.8. The van der Waals surface area contributed by atoms with E-state index in [-0.39, 0.29) is 23.7 Å². The van der Waals surface area contributed by atoms with Crippen molar-refractivity contribution < 1.29 is 19.2 Å². The fourth-order valence-corrected chi connectivity index (χ4v) is 3.04. The minimum Gasteiger partial charge on any atom is -0.385 e. The van der Waals surface area contributed by atoms with E-state index in [2.05, 4.69) is 5.32 Å². The summed E-state index contributed by atoms with van der Waals surface area (Å²) in [5, 5.41) is 14.2.